The van der Waals surface area contributed by atoms with Gasteiger partial charge in [0.1, 0.15) is 10.7 Å². The van der Waals surface area contributed by atoms with E-state index in [1.807, 2.05) is 4.72 Å². The van der Waals surface area contributed by atoms with Gasteiger partial charge in [0.15, 0.2) is 0 Å². The minimum atomic E-state index is -3.97. The smallest absolute Gasteiger partial charge is 0.242 e. The first-order chi connectivity index (χ1) is 8.68. The summed E-state index contributed by atoms with van der Waals surface area (Å²) in [5.41, 5.74) is 5.16. The van der Waals surface area contributed by atoms with Gasteiger partial charge in [-0.05, 0) is 25.2 Å². The van der Waals surface area contributed by atoms with Crippen LogP contribution in [0.4, 0.5) is 10.1 Å². The molecule has 0 radical (unpaired) electrons. The van der Waals surface area contributed by atoms with E-state index >= 15 is 0 Å². The van der Waals surface area contributed by atoms with Gasteiger partial charge in [0.25, 0.3) is 0 Å². The van der Waals surface area contributed by atoms with Gasteiger partial charge in [0.2, 0.25) is 20.0 Å². The van der Waals surface area contributed by atoms with Gasteiger partial charge >= 0.3 is 0 Å². The van der Waals surface area contributed by atoms with Gasteiger partial charge in [-0.15, -0.1) is 0 Å². The number of halogens is 1. The molecule has 0 fully saturated rings. The molecular formula is C9H14FN3O4S2. The summed E-state index contributed by atoms with van der Waals surface area (Å²) in [6, 6.07) is 2.84. The summed E-state index contributed by atoms with van der Waals surface area (Å²) in [4.78, 5) is -0.296. The zero-order valence-electron chi connectivity index (χ0n) is 10.1. The summed E-state index contributed by atoms with van der Waals surface area (Å²) in [5.74, 6) is -1.07. The lowest BCUT2D eigenvalue weighted by Gasteiger charge is -2.09. The number of benzene rings is 1. The van der Waals surface area contributed by atoms with Crippen molar-refractivity contribution in [2.45, 2.75) is 4.90 Å². The predicted octanol–water partition coefficient (Wildman–Crippen LogP) is -0.765. The molecule has 0 bridgehead atoms. The van der Waals surface area contributed by atoms with Crippen molar-refractivity contribution in [1.82, 2.24) is 9.44 Å². The quantitative estimate of drug-likeness (QED) is 0.597. The highest BCUT2D eigenvalue weighted by molar-refractivity contribution is 7.90. The minimum Gasteiger partial charge on any atom is -0.398 e. The van der Waals surface area contributed by atoms with E-state index < -0.39 is 31.6 Å². The second-order valence-electron chi connectivity index (χ2n) is 3.60. The van der Waals surface area contributed by atoms with Crippen LogP contribution in [0.5, 0.6) is 0 Å². The fourth-order valence-corrected chi connectivity index (χ4v) is 3.10. The Balaban J connectivity index is 2.82. The van der Waals surface area contributed by atoms with Crippen LogP contribution in [0.3, 0.4) is 0 Å². The lowest BCUT2D eigenvalue weighted by Crippen LogP contribution is -2.33. The highest BCUT2D eigenvalue weighted by Crippen LogP contribution is 2.18. The fourth-order valence-electron chi connectivity index (χ4n) is 1.25. The molecule has 0 heterocycles. The molecule has 1 rings (SSSR count). The molecule has 108 valence electrons. The van der Waals surface area contributed by atoms with Gasteiger partial charge in [-0.1, -0.05) is 0 Å². The minimum absolute atomic E-state index is 0.246. The molecule has 0 amide bonds. The third kappa shape index (κ3) is 4.42. The van der Waals surface area contributed by atoms with Crippen LogP contribution in [0.1, 0.15) is 0 Å². The third-order valence-corrected chi connectivity index (χ3v) is 5.13. The van der Waals surface area contributed by atoms with E-state index in [0.717, 1.165) is 18.2 Å². The van der Waals surface area contributed by atoms with E-state index in [4.69, 9.17) is 5.73 Å². The second kappa shape index (κ2) is 5.82. The number of nitrogens with two attached hydrogens (primary N) is 1. The lowest BCUT2D eigenvalue weighted by molar-refractivity contribution is 0.578. The highest BCUT2D eigenvalue weighted by Gasteiger charge is 2.18. The topological polar surface area (TPSA) is 118 Å². The van der Waals surface area contributed by atoms with Crippen LogP contribution in [-0.4, -0.2) is 36.2 Å². The van der Waals surface area contributed by atoms with Crippen LogP contribution >= 0.6 is 0 Å². The molecule has 0 unspecified atom stereocenters. The number of nitrogens with one attached hydrogen (secondary N) is 2. The van der Waals surface area contributed by atoms with Crippen molar-refractivity contribution in [2.75, 3.05) is 25.1 Å². The summed E-state index contributed by atoms with van der Waals surface area (Å²) in [7, 11) is -6.26. The largest absolute Gasteiger partial charge is 0.398 e. The molecule has 0 aromatic heterocycles. The van der Waals surface area contributed by atoms with Crippen LogP contribution in [-0.2, 0) is 20.0 Å². The fraction of sp³-hybridized carbons (Fsp3) is 0.333. The highest BCUT2D eigenvalue weighted by atomic mass is 32.2. The molecule has 1 aromatic carbocycles. The molecule has 0 aliphatic carbocycles. The molecule has 0 aliphatic rings. The van der Waals surface area contributed by atoms with Gasteiger partial charge in [-0.2, -0.15) is 0 Å². The van der Waals surface area contributed by atoms with Crippen LogP contribution in [0.15, 0.2) is 23.1 Å². The van der Waals surface area contributed by atoms with E-state index in [-0.39, 0.29) is 17.1 Å². The zero-order valence-corrected chi connectivity index (χ0v) is 11.7. The van der Waals surface area contributed by atoms with Crippen molar-refractivity contribution in [3.05, 3.63) is 24.0 Å². The first kappa shape index (κ1) is 15.8. The maximum Gasteiger partial charge on any atom is 0.242 e. The van der Waals surface area contributed by atoms with Crippen LogP contribution in [0.2, 0.25) is 0 Å². The molecule has 0 atom stereocenters. The van der Waals surface area contributed by atoms with Crippen molar-refractivity contribution in [1.29, 1.82) is 0 Å². The van der Waals surface area contributed by atoms with E-state index in [1.54, 1.807) is 0 Å². The Morgan fingerprint density at radius 1 is 1.26 bits per heavy atom. The predicted molar refractivity (Wildman–Crippen MR) is 68.8 cm³/mol. The zero-order chi connectivity index (χ0) is 14.7. The number of nitrogen functional groups attached to an aromatic ring is 1. The first-order valence-electron chi connectivity index (χ1n) is 5.14. The number of hydrogen-bond acceptors (Lipinski definition) is 5. The summed E-state index contributed by atoms with van der Waals surface area (Å²) in [5, 5.41) is 0. The number of hydrogen-bond donors (Lipinski definition) is 3. The molecule has 19 heavy (non-hydrogen) atoms. The Morgan fingerprint density at radius 3 is 2.42 bits per heavy atom. The SMILES string of the molecule is CNS(=O)(=O)CCNS(=O)(=O)c1ccc(F)cc1N. The van der Waals surface area contributed by atoms with Crippen molar-refractivity contribution in [3.8, 4) is 0 Å². The van der Waals surface area contributed by atoms with Gasteiger partial charge in [-0.25, -0.2) is 30.7 Å². The van der Waals surface area contributed by atoms with E-state index in [2.05, 4.69) is 4.72 Å². The summed E-state index contributed by atoms with van der Waals surface area (Å²) >= 11 is 0. The molecular weight excluding hydrogens is 297 g/mol. The monoisotopic (exact) mass is 311 g/mol. The summed E-state index contributed by atoms with van der Waals surface area (Å²) < 4.78 is 62.8. The standard InChI is InChI=1S/C9H14FN3O4S2/c1-12-18(14,15)5-4-13-19(16,17)9-3-2-7(10)6-8(9)11/h2-3,6,12-13H,4-5,11H2,1H3. The Bertz CT molecular complexity index is 658. The first-order valence-corrected chi connectivity index (χ1v) is 8.27. The molecule has 10 heteroatoms. The van der Waals surface area contributed by atoms with Crippen molar-refractivity contribution in [3.63, 3.8) is 0 Å². The van der Waals surface area contributed by atoms with E-state index in [9.17, 15) is 21.2 Å². The summed E-state index contributed by atoms with van der Waals surface area (Å²) in [6.45, 7) is -0.317. The van der Waals surface area contributed by atoms with Crippen LogP contribution in [0, 0.1) is 5.82 Å². The van der Waals surface area contributed by atoms with Gasteiger partial charge in [0.05, 0.1) is 11.4 Å². The average Bonchev–Trinajstić information content (AvgIpc) is 2.27. The molecule has 4 N–H and O–H groups in total. The van der Waals surface area contributed by atoms with Crippen LogP contribution in [0.25, 0.3) is 0 Å². The Hall–Kier alpha value is -1.23. The van der Waals surface area contributed by atoms with Crippen molar-refractivity contribution < 1.29 is 21.2 Å². The molecule has 0 saturated heterocycles. The Labute approximate surface area is 111 Å². The van der Waals surface area contributed by atoms with Gasteiger partial charge < -0.3 is 5.73 Å². The normalized spacial score (nSPS) is 12.5. The maximum absolute atomic E-state index is 12.8. The molecule has 7 nitrogen and oxygen atoms in total. The van der Waals surface area contributed by atoms with E-state index in [1.165, 1.54) is 7.05 Å². The van der Waals surface area contributed by atoms with Crippen molar-refractivity contribution in [2.24, 2.45) is 0 Å². The Kier molecular flexibility index (Phi) is 4.85. The summed E-state index contributed by atoms with van der Waals surface area (Å²) in [6.07, 6.45) is 0. The molecule has 1 aromatic rings. The molecule has 0 saturated carbocycles. The van der Waals surface area contributed by atoms with Crippen molar-refractivity contribution >= 4 is 25.7 Å². The Morgan fingerprint density at radius 2 is 1.89 bits per heavy atom. The number of anilines is 1. The maximum atomic E-state index is 12.8. The second-order valence-corrected chi connectivity index (χ2v) is 7.38. The number of sulfonamides is 2. The lowest BCUT2D eigenvalue weighted by atomic mass is 10.3. The third-order valence-electron chi connectivity index (χ3n) is 2.24. The van der Waals surface area contributed by atoms with Crippen LogP contribution < -0.4 is 15.2 Å². The molecule has 0 aliphatic heterocycles. The number of rotatable bonds is 6. The average molecular weight is 311 g/mol. The van der Waals surface area contributed by atoms with E-state index in [0.29, 0.717) is 0 Å². The molecule has 0 spiro atoms. The van der Waals surface area contributed by atoms with Gasteiger partial charge in [0, 0.05) is 6.54 Å². The van der Waals surface area contributed by atoms with Gasteiger partial charge in [-0.3, -0.25) is 0 Å².